The molecule has 0 aliphatic carbocycles. The molecule has 0 spiro atoms. The molecule has 0 saturated heterocycles. The number of hydrogen-bond donors (Lipinski definition) is 3. The van der Waals surface area contributed by atoms with Crippen LogP contribution in [0.4, 0.5) is 28.9 Å². The van der Waals surface area contributed by atoms with Gasteiger partial charge in [-0.05, 0) is 60.1 Å². The van der Waals surface area contributed by atoms with Crippen LogP contribution in [0.2, 0.25) is 0 Å². The third kappa shape index (κ3) is 6.57. The third-order valence-electron chi connectivity index (χ3n) is 6.93. The van der Waals surface area contributed by atoms with Crippen molar-refractivity contribution in [2.75, 3.05) is 5.32 Å². The molecule has 1 aliphatic rings. The van der Waals surface area contributed by atoms with Gasteiger partial charge in [-0.1, -0.05) is 23.8 Å². The second-order valence-electron chi connectivity index (χ2n) is 10.4. The Balaban J connectivity index is 0.000000284. The van der Waals surface area contributed by atoms with E-state index >= 15 is 0 Å². The number of nitrogens with one attached hydrogen (secondary N) is 1. The summed E-state index contributed by atoms with van der Waals surface area (Å²) in [5, 5.41) is 38.0. The Morgan fingerprint density at radius 2 is 1.83 bits per heavy atom. The van der Waals surface area contributed by atoms with Gasteiger partial charge >= 0.3 is 12.1 Å². The van der Waals surface area contributed by atoms with Crippen LogP contribution in [-0.2, 0) is 11.8 Å². The maximum absolute atomic E-state index is 14.2. The number of allylic oxidation sites excluding steroid dienone is 1. The molecule has 16 heteroatoms. The van der Waals surface area contributed by atoms with Crippen LogP contribution in [0.5, 0.6) is 5.75 Å². The molecule has 3 unspecified atom stereocenters. The Morgan fingerprint density at radius 3 is 2.43 bits per heavy atom. The predicted octanol–water partition coefficient (Wildman–Crippen LogP) is 6.35. The van der Waals surface area contributed by atoms with Crippen molar-refractivity contribution in [3.05, 3.63) is 115 Å². The molecular weight excluding hydrogens is 684 g/mol. The highest BCUT2D eigenvalue weighted by Gasteiger charge is 2.58. The van der Waals surface area contributed by atoms with E-state index in [1.54, 1.807) is 0 Å². The Morgan fingerprint density at radius 1 is 1.15 bits per heavy atom. The molecule has 5 rings (SSSR count). The topological polar surface area (TPSA) is 157 Å². The van der Waals surface area contributed by atoms with Crippen LogP contribution in [0, 0.1) is 15.9 Å². The molecule has 3 N–H and O–H groups in total. The molecule has 0 saturated carbocycles. The number of phenolic OH excluding ortho intramolecular Hbond substituents is 1. The first-order chi connectivity index (χ1) is 21.5. The zero-order valence-electron chi connectivity index (χ0n) is 24.2. The van der Waals surface area contributed by atoms with Crippen molar-refractivity contribution in [3.8, 4) is 5.75 Å². The minimum atomic E-state index is -5.18. The zero-order valence-corrected chi connectivity index (χ0v) is 25.8. The fraction of sp³-hybridized carbons (Fsp3) is 0.233. The lowest BCUT2D eigenvalue weighted by Gasteiger charge is -2.37. The van der Waals surface area contributed by atoms with E-state index in [-0.39, 0.29) is 33.3 Å². The summed E-state index contributed by atoms with van der Waals surface area (Å²) >= 11 is 3.05. The number of hydrogen-bond acceptors (Lipinski definition) is 9. The van der Waals surface area contributed by atoms with Crippen molar-refractivity contribution in [1.82, 2.24) is 9.78 Å². The first-order valence-electron chi connectivity index (χ1n) is 13.2. The van der Waals surface area contributed by atoms with Crippen LogP contribution in [0.25, 0.3) is 10.8 Å². The number of halogens is 5. The molecule has 1 aromatic heterocycles. The Bertz CT molecular complexity index is 1930. The maximum Gasteiger partial charge on any atom is 0.423 e. The largest absolute Gasteiger partial charge is 0.507 e. The number of carbonyl (C=O) groups is 1. The van der Waals surface area contributed by atoms with E-state index in [2.05, 4.69) is 26.3 Å². The van der Waals surface area contributed by atoms with E-state index in [0.29, 0.717) is 17.7 Å². The number of esters is 1. The summed E-state index contributed by atoms with van der Waals surface area (Å²) in [6.45, 7) is 2.76. The van der Waals surface area contributed by atoms with Crippen LogP contribution < -0.4 is 10.9 Å². The number of nitrogens with zero attached hydrogens (tertiary/aromatic N) is 3. The number of aromatic hydroxyl groups is 1. The molecule has 2 heterocycles. The molecule has 4 aromatic rings. The lowest BCUT2D eigenvalue weighted by molar-refractivity contribution is -0.385. The van der Waals surface area contributed by atoms with Crippen molar-refractivity contribution in [1.29, 1.82) is 0 Å². The summed E-state index contributed by atoms with van der Waals surface area (Å²) < 4.78 is 62.0. The SMILES string of the molecule is CC(C)=CC(O)(C(Nc1cccc2c(=O)n(C)ncc12)c1ccc(F)cc1O)C(F)(F)F.O=C1OC(Br)c2c1cccc2[N+](=O)[O-]. The second-order valence-corrected chi connectivity index (χ2v) is 11.2. The Kier molecular flexibility index (Phi) is 9.54. The van der Waals surface area contributed by atoms with Gasteiger partial charge in [-0.3, -0.25) is 14.9 Å². The summed E-state index contributed by atoms with van der Waals surface area (Å²) in [4.78, 5) is 33.7. The average molecular weight is 709 g/mol. The number of anilines is 1. The van der Waals surface area contributed by atoms with Crippen molar-refractivity contribution >= 4 is 44.0 Å². The number of ether oxygens (including phenoxy) is 1. The molecule has 0 radical (unpaired) electrons. The van der Waals surface area contributed by atoms with E-state index in [1.165, 1.54) is 63.5 Å². The molecule has 11 nitrogen and oxygen atoms in total. The molecule has 0 amide bonds. The van der Waals surface area contributed by atoms with E-state index in [4.69, 9.17) is 4.74 Å². The molecule has 1 aliphatic heterocycles. The number of phenols is 1. The summed E-state index contributed by atoms with van der Waals surface area (Å²) in [7, 11) is 1.43. The Hall–Kier alpha value is -4.83. The highest BCUT2D eigenvalue weighted by molar-refractivity contribution is 9.09. The minimum absolute atomic E-state index is 0.0613. The third-order valence-corrected chi connectivity index (χ3v) is 7.58. The Labute approximate surface area is 266 Å². The van der Waals surface area contributed by atoms with Gasteiger partial charge < -0.3 is 20.3 Å². The molecule has 242 valence electrons. The van der Waals surface area contributed by atoms with Crippen molar-refractivity contribution in [2.45, 2.75) is 36.7 Å². The molecule has 0 bridgehead atoms. The fourth-order valence-corrected chi connectivity index (χ4v) is 5.49. The number of nitro groups is 1. The quantitative estimate of drug-likeness (QED) is 0.0519. The molecular formula is C30H25BrF4N4O7. The summed E-state index contributed by atoms with van der Waals surface area (Å²) in [6.07, 6.45) is -3.26. The molecule has 0 fully saturated rings. The van der Waals surface area contributed by atoms with Crippen molar-refractivity contribution < 1.29 is 42.2 Å². The normalized spacial score (nSPS) is 15.9. The maximum atomic E-state index is 14.2. The lowest BCUT2D eigenvalue weighted by atomic mass is 9.85. The second kappa shape index (κ2) is 12.9. The number of rotatable bonds is 6. The van der Waals surface area contributed by atoms with E-state index in [1.807, 2.05) is 0 Å². The highest BCUT2D eigenvalue weighted by Crippen LogP contribution is 2.46. The zero-order chi connectivity index (χ0) is 34.1. The van der Waals surface area contributed by atoms with Crippen LogP contribution in [0.15, 0.2) is 77.2 Å². The highest BCUT2D eigenvalue weighted by atomic mass is 79.9. The molecule has 3 aromatic carbocycles. The van der Waals surface area contributed by atoms with E-state index in [9.17, 15) is 47.5 Å². The molecule has 46 heavy (non-hydrogen) atoms. The van der Waals surface area contributed by atoms with Crippen LogP contribution >= 0.6 is 15.9 Å². The van der Waals surface area contributed by atoms with Crippen molar-refractivity contribution in [2.24, 2.45) is 7.05 Å². The van der Waals surface area contributed by atoms with Gasteiger partial charge in [0.15, 0.2) is 5.01 Å². The molecule has 3 atom stereocenters. The number of benzene rings is 3. The number of carbonyl (C=O) groups excluding carboxylic acids is 1. The van der Waals surface area contributed by atoms with Crippen LogP contribution in [0.3, 0.4) is 0 Å². The number of aliphatic hydroxyl groups is 1. The summed E-state index contributed by atoms with van der Waals surface area (Å²) in [5.41, 5.74) is -3.69. The van der Waals surface area contributed by atoms with Crippen LogP contribution in [0.1, 0.15) is 46.4 Å². The number of aryl methyl sites for hydroxylation is 1. The minimum Gasteiger partial charge on any atom is -0.507 e. The number of fused-ring (bicyclic) bond motifs is 2. The van der Waals surface area contributed by atoms with Gasteiger partial charge in [0.25, 0.3) is 11.2 Å². The average Bonchev–Trinajstić information content (AvgIpc) is 3.26. The fourth-order valence-electron chi connectivity index (χ4n) is 4.84. The van der Waals surface area contributed by atoms with Gasteiger partial charge in [-0.25, -0.2) is 13.9 Å². The van der Waals surface area contributed by atoms with Gasteiger partial charge in [0.1, 0.15) is 11.6 Å². The smallest absolute Gasteiger partial charge is 0.423 e. The number of aromatic nitrogens is 2. The monoisotopic (exact) mass is 708 g/mol. The predicted molar refractivity (Wildman–Crippen MR) is 162 cm³/mol. The summed E-state index contributed by atoms with van der Waals surface area (Å²) in [6, 6.07) is 9.17. The number of cyclic esters (lactones) is 1. The summed E-state index contributed by atoms with van der Waals surface area (Å²) in [5.74, 6) is -2.17. The standard InChI is InChI=1S/C22H21F4N3O3.C8H4BrNO4/c1-12(2)10-21(32,22(24,25)26)19(15-8-7-13(23)9-18(15)30)28-17-6-4-5-14-16(17)11-27-29(3)20(14)31;9-7-6-4(8(11)14-7)2-1-3-5(6)10(12)13/h4-11,19,28,30,32H,1-3H3;1-3,7H. The first kappa shape index (κ1) is 34.1. The van der Waals surface area contributed by atoms with E-state index in [0.717, 1.165) is 16.8 Å². The van der Waals surface area contributed by atoms with Gasteiger partial charge in [0, 0.05) is 35.8 Å². The number of nitro benzene ring substituents is 1. The van der Waals surface area contributed by atoms with Gasteiger partial charge in [-0.15, -0.1) is 0 Å². The lowest BCUT2D eigenvalue weighted by Crippen LogP contribution is -2.51. The van der Waals surface area contributed by atoms with Gasteiger partial charge in [0.05, 0.1) is 33.7 Å². The number of alkyl halides is 4. The van der Waals surface area contributed by atoms with Gasteiger partial charge in [0.2, 0.25) is 5.60 Å². The van der Waals surface area contributed by atoms with Crippen LogP contribution in [-0.4, -0.2) is 42.7 Å². The van der Waals surface area contributed by atoms with E-state index < -0.39 is 56.4 Å². The first-order valence-corrected chi connectivity index (χ1v) is 14.1. The van der Waals surface area contributed by atoms with Crippen molar-refractivity contribution in [3.63, 3.8) is 0 Å². The van der Waals surface area contributed by atoms with Gasteiger partial charge in [-0.2, -0.15) is 18.3 Å².